The SMILES string of the molecule is Cc1ccc(C)c(-c2ccnc(CS)n2)c1. The van der Waals surface area contributed by atoms with Gasteiger partial charge < -0.3 is 0 Å². The standard InChI is InChI=1S/C13H14N2S/c1-9-3-4-10(2)11(7-9)12-5-6-14-13(8-16)15-12/h3-7,16H,8H2,1-2H3. The number of nitrogens with zero attached hydrogens (tertiary/aromatic N) is 2. The van der Waals surface area contributed by atoms with Crippen LogP contribution < -0.4 is 0 Å². The molecule has 0 unspecified atom stereocenters. The van der Waals surface area contributed by atoms with E-state index in [0.717, 1.165) is 11.5 Å². The van der Waals surface area contributed by atoms with Crippen molar-refractivity contribution in [3.05, 3.63) is 47.4 Å². The zero-order chi connectivity index (χ0) is 11.5. The highest BCUT2D eigenvalue weighted by Gasteiger charge is 2.04. The molecule has 0 aliphatic rings. The monoisotopic (exact) mass is 230 g/mol. The van der Waals surface area contributed by atoms with Crippen LogP contribution in [0.4, 0.5) is 0 Å². The van der Waals surface area contributed by atoms with E-state index in [1.807, 2.05) is 6.07 Å². The molecule has 0 amide bonds. The van der Waals surface area contributed by atoms with Crippen LogP contribution in [0.1, 0.15) is 17.0 Å². The molecule has 0 fully saturated rings. The van der Waals surface area contributed by atoms with Crippen LogP contribution in [-0.2, 0) is 5.75 Å². The highest BCUT2D eigenvalue weighted by atomic mass is 32.1. The first kappa shape index (κ1) is 11.1. The average Bonchev–Trinajstić information content (AvgIpc) is 2.32. The quantitative estimate of drug-likeness (QED) is 0.802. The molecule has 1 aromatic heterocycles. The molecule has 0 atom stereocenters. The molecular weight excluding hydrogens is 216 g/mol. The summed E-state index contributed by atoms with van der Waals surface area (Å²) in [5, 5.41) is 0. The van der Waals surface area contributed by atoms with Gasteiger partial charge in [0.25, 0.3) is 0 Å². The predicted octanol–water partition coefficient (Wildman–Crippen LogP) is 3.19. The Kier molecular flexibility index (Phi) is 3.25. The van der Waals surface area contributed by atoms with E-state index < -0.39 is 0 Å². The summed E-state index contributed by atoms with van der Waals surface area (Å²) in [6, 6.07) is 8.32. The second-order valence-corrected chi connectivity index (χ2v) is 4.15. The van der Waals surface area contributed by atoms with Gasteiger partial charge in [-0.1, -0.05) is 17.7 Å². The van der Waals surface area contributed by atoms with E-state index in [1.54, 1.807) is 6.20 Å². The molecule has 0 spiro atoms. The van der Waals surface area contributed by atoms with Crippen LogP contribution in [0.5, 0.6) is 0 Å². The van der Waals surface area contributed by atoms with Crippen molar-refractivity contribution in [1.82, 2.24) is 9.97 Å². The van der Waals surface area contributed by atoms with Crippen molar-refractivity contribution < 1.29 is 0 Å². The van der Waals surface area contributed by atoms with Crippen molar-refractivity contribution in [3.63, 3.8) is 0 Å². The third-order valence-corrected chi connectivity index (χ3v) is 2.80. The zero-order valence-electron chi connectivity index (χ0n) is 9.44. The van der Waals surface area contributed by atoms with Crippen LogP contribution in [0.2, 0.25) is 0 Å². The Labute approximate surface area is 101 Å². The summed E-state index contributed by atoms with van der Waals surface area (Å²) in [6.45, 7) is 4.18. The van der Waals surface area contributed by atoms with Crippen molar-refractivity contribution in [2.75, 3.05) is 0 Å². The van der Waals surface area contributed by atoms with Gasteiger partial charge >= 0.3 is 0 Å². The van der Waals surface area contributed by atoms with Crippen LogP contribution in [0.15, 0.2) is 30.5 Å². The average molecular weight is 230 g/mol. The Morgan fingerprint density at radius 3 is 2.75 bits per heavy atom. The minimum Gasteiger partial charge on any atom is -0.240 e. The number of rotatable bonds is 2. The molecule has 1 heterocycles. The van der Waals surface area contributed by atoms with E-state index in [9.17, 15) is 0 Å². The van der Waals surface area contributed by atoms with Crippen molar-refractivity contribution in [1.29, 1.82) is 0 Å². The maximum Gasteiger partial charge on any atom is 0.138 e. The van der Waals surface area contributed by atoms with E-state index in [4.69, 9.17) is 0 Å². The van der Waals surface area contributed by atoms with Crippen molar-refractivity contribution in [2.45, 2.75) is 19.6 Å². The van der Waals surface area contributed by atoms with Gasteiger partial charge in [-0.15, -0.1) is 0 Å². The minimum absolute atomic E-state index is 0.568. The minimum atomic E-state index is 0.568. The van der Waals surface area contributed by atoms with E-state index in [1.165, 1.54) is 16.7 Å². The Morgan fingerprint density at radius 1 is 1.19 bits per heavy atom. The number of benzene rings is 1. The molecule has 3 heteroatoms. The molecule has 0 saturated carbocycles. The van der Waals surface area contributed by atoms with Gasteiger partial charge in [0, 0.05) is 11.8 Å². The van der Waals surface area contributed by atoms with Crippen LogP contribution in [0.25, 0.3) is 11.3 Å². The Balaban J connectivity index is 2.53. The van der Waals surface area contributed by atoms with Gasteiger partial charge in [-0.25, -0.2) is 9.97 Å². The number of thiol groups is 1. The van der Waals surface area contributed by atoms with Crippen LogP contribution in [0, 0.1) is 13.8 Å². The summed E-state index contributed by atoms with van der Waals surface area (Å²) in [4.78, 5) is 8.62. The van der Waals surface area contributed by atoms with Crippen molar-refractivity contribution in [2.24, 2.45) is 0 Å². The van der Waals surface area contributed by atoms with Crippen molar-refractivity contribution in [3.8, 4) is 11.3 Å². The van der Waals surface area contributed by atoms with Crippen LogP contribution in [-0.4, -0.2) is 9.97 Å². The fourth-order valence-corrected chi connectivity index (χ4v) is 1.79. The Bertz CT molecular complexity index is 509. The molecule has 2 aromatic rings. The molecule has 2 nitrogen and oxygen atoms in total. The normalized spacial score (nSPS) is 10.4. The molecule has 16 heavy (non-hydrogen) atoms. The highest BCUT2D eigenvalue weighted by molar-refractivity contribution is 7.79. The van der Waals surface area contributed by atoms with Gasteiger partial charge in [0.15, 0.2) is 0 Å². The first-order valence-electron chi connectivity index (χ1n) is 5.21. The molecule has 1 aromatic carbocycles. The summed E-state index contributed by atoms with van der Waals surface area (Å²) >= 11 is 4.19. The van der Waals surface area contributed by atoms with Crippen LogP contribution in [0.3, 0.4) is 0 Å². The smallest absolute Gasteiger partial charge is 0.138 e. The summed E-state index contributed by atoms with van der Waals surface area (Å²) in [5.41, 5.74) is 4.62. The topological polar surface area (TPSA) is 25.8 Å². The summed E-state index contributed by atoms with van der Waals surface area (Å²) in [5.74, 6) is 1.33. The summed E-state index contributed by atoms with van der Waals surface area (Å²) < 4.78 is 0. The van der Waals surface area contributed by atoms with Crippen molar-refractivity contribution >= 4 is 12.6 Å². The second kappa shape index (κ2) is 4.66. The number of aryl methyl sites for hydroxylation is 2. The molecule has 0 bridgehead atoms. The van der Waals surface area contributed by atoms with E-state index >= 15 is 0 Å². The molecule has 0 saturated heterocycles. The molecular formula is C13H14N2S. The number of hydrogen-bond acceptors (Lipinski definition) is 3. The van der Waals surface area contributed by atoms with E-state index in [-0.39, 0.29) is 0 Å². The largest absolute Gasteiger partial charge is 0.240 e. The van der Waals surface area contributed by atoms with E-state index in [0.29, 0.717) is 5.75 Å². The Hall–Kier alpha value is -1.35. The summed E-state index contributed by atoms with van der Waals surface area (Å²) in [7, 11) is 0. The van der Waals surface area contributed by atoms with Gasteiger partial charge in [0.1, 0.15) is 5.82 Å². The molecule has 0 aliphatic carbocycles. The summed E-state index contributed by atoms with van der Waals surface area (Å²) in [6.07, 6.45) is 1.79. The van der Waals surface area contributed by atoms with Gasteiger partial charge in [0.2, 0.25) is 0 Å². The van der Waals surface area contributed by atoms with Gasteiger partial charge in [-0.05, 0) is 31.5 Å². The number of hydrogen-bond donors (Lipinski definition) is 1. The van der Waals surface area contributed by atoms with Gasteiger partial charge in [-0.2, -0.15) is 12.6 Å². The molecule has 2 rings (SSSR count). The maximum atomic E-state index is 4.48. The Morgan fingerprint density at radius 2 is 2.00 bits per heavy atom. The molecule has 0 N–H and O–H groups in total. The first-order valence-corrected chi connectivity index (χ1v) is 5.84. The van der Waals surface area contributed by atoms with Gasteiger partial charge in [0.05, 0.1) is 11.4 Å². The first-order chi connectivity index (χ1) is 7.70. The fraction of sp³-hybridized carbons (Fsp3) is 0.231. The molecule has 0 radical (unpaired) electrons. The van der Waals surface area contributed by atoms with E-state index in [2.05, 4.69) is 54.6 Å². The maximum absolute atomic E-state index is 4.48. The molecule has 82 valence electrons. The molecule has 0 aliphatic heterocycles. The third kappa shape index (κ3) is 2.25. The zero-order valence-corrected chi connectivity index (χ0v) is 10.3. The highest BCUT2D eigenvalue weighted by Crippen LogP contribution is 2.22. The lowest BCUT2D eigenvalue weighted by atomic mass is 10.0. The lowest BCUT2D eigenvalue weighted by Crippen LogP contribution is -1.94. The number of aromatic nitrogens is 2. The lowest BCUT2D eigenvalue weighted by molar-refractivity contribution is 1.04. The fourth-order valence-electron chi connectivity index (χ4n) is 1.64. The second-order valence-electron chi connectivity index (χ2n) is 3.83. The predicted molar refractivity (Wildman–Crippen MR) is 69.6 cm³/mol. The van der Waals surface area contributed by atoms with Gasteiger partial charge in [-0.3, -0.25) is 0 Å². The third-order valence-electron chi connectivity index (χ3n) is 2.52. The lowest BCUT2D eigenvalue weighted by Gasteiger charge is -2.07. The van der Waals surface area contributed by atoms with Crippen LogP contribution >= 0.6 is 12.6 Å².